The van der Waals surface area contributed by atoms with E-state index >= 15 is 0 Å². The first-order valence-corrected chi connectivity index (χ1v) is 6.47. The molecule has 0 aliphatic heterocycles. The smallest absolute Gasteiger partial charge is 0.0145 e. The normalized spacial score (nSPS) is 33.0. The van der Waals surface area contributed by atoms with Crippen LogP contribution in [0.2, 0.25) is 0 Å². The number of rotatable bonds is 1. The molecule has 0 aromatic heterocycles. The molecule has 0 radical (unpaired) electrons. The van der Waals surface area contributed by atoms with Gasteiger partial charge in [-0.05, 0) is 42.9 Å². The maximum absolute atomic E-state index is 3.71. The van der Waals surface area contributed by atoms with Crippen molar-refractivity contribution in [1.82, 2.24) is 0 Å². The van der Waals surface area contributed by atoms with Crippen LogP contribution in [-0.2, 0) is 0 Å². The van der Waals surface area contributed by atoms with E-state index in [1.165, 1.54) is 25.7 Å². The van der Waals surface area contributed by atoms with Crippen LogP contribution in [0.25, 0.3) is 0 Å². The fourth-order valence-electron chi connectivity index (χ4n) is 2.44. The number of halogens is 1. The molecule has 1 atom stereocenters. The SMILES string of the molecule is CC(Br)C1CCC(C(C)(C)C)CC1. The Kier molecular flexibility index (Phi) is 3.85. The fourth-order valence-corrected chi connectivity index (χ4v) is 2.97. The quantitative estimate of drug-likeness (QED) is 0.593. The topological polar surface area (TPSA) is 0 Å². The van der Waals surface area contributed by atoms with Gasteiger partial charge in [0, 0.05) is 4.83 Å². The Bertz CT molecular complexity index is 147. The Morgan fingerprint density at radius 2 is 1.54 bits per heavy atom. The van der Waals surface area contributed by atoms with Crippen molar-refractivity contribution in [3.63, 3.8) is 0 Å². The monoisotopic (exact) mass is 246 g/mol. The summed E-state index contributed by atoms with van der Waals surface area (Å²) >= 11 is 3.71. The second-order valence-electron chi connectivity index (χ2n) is 5.66. The van der Waals surface area contributed by atoms with E-state index in [4.69, 9.17) is 0 Å². The van der Waals surface area contributed by atoms with Crippen LogP contribution in [0.4, 0.5) is 0 Å². The maximum Gasteiger partial charge on any atom is 0.0145 e. The van der Waals surface area contributed by atoms with Crippen molar-refractivity contribution < 1.29 is 0 Å². The first-order valence-electron chi connectivity index (χ1n) is 5.55. The van der Waals surface area contributed by atoms with E-state index < -0.39 is 0 Å². The van der Waals surface area contributed by atoms with Crippen molar-refractivity contribution in [2.75, 3.05) is 0 Å². The van der Waals surface area contributed by atoms with Crippen LogP contribution in [0, 0.1) is 17.3 Å². The molecule has 0 nitrogen and oxygen atoms in total. The van der Waals surface area contributed by atoms with Gasteiger partial charge in [0.25, 0.3) is 0 Å². The third-order valence-corrected chi connectivity index (χ3v) is 4.39. The van der Waals surface area contributed by atoms with Crippen LogP contribution in [0.15, 0.2) is 0 Å². The lowest BCUT2D eigenvalue weighted by Gasteiger charge is -2.37. The van der Waals surface area contributed by atoms with E-state index in [9.17, 15) is 0 Å². The second-order valence-corrected chi connectivity index (χ2v) is 7.10. The first kappa shape index (κ1) is 11.6. The van der Waals surface area contributed by atoms with Crippen LogP contribution < -0.4 is 0 Å². The fraction of sp³-hybridized carbons (Fsp3) is 1.00. The largest absolute Gasteiger partial charge is 0.0891 e. The van der Waals surface area contributed by atoms with Crippen LogP contribution in [0.1, 0.15) is 53.4 Å². The van der Waals surface area contributed by atoms with Gasteiger partial charge in [-0.15, -0.1) is 0 Å². The summed E-state index contributed by atoms with van der Waals surface area (Å²) in [6, 6.07) is 0. The summed E-state index contributed by atoms with van der Waals surface area (Å²) in [5.74, 6) is 1.88. The van der Waals surface area contributed by atoms with E-state index in [1.54, 1.807) is 0 Å². The highest BCUT2D eigenvalue weighted by Crippen LogP contribution is 2.41. The highest BCUT2D eigenvalue weighted by molar-refractivity contribution is 9.09. The average Bonchev–Trinajstić information content (AvgIpc) is 2.03. The highest BCUT2D eigenvalue weighted by Gasteiger charge is 2.30. The summed E-state index contributed by atoms with van der Waals surface area (Å²) in [5.41, 5.74) is 0.528. The molecule has 0 amide bonds. The Balaban J connectivity index is 2.39. The molecule has 0 N–H and O–H groups in total. The second kappa shape index (κ2) is 4.33. The molecule has 1 fully saturated rings. The summed E-state index contributed by atoms with van der Waals surface area (Å²) in [6.07, 6.45) is 5.72. The Hall–Kier alpha value is 0.480. The lowest BCUT2D eigenvalue weighted by Crippen LogP contribution is -2.28. The van der Waals surface area contributed by atoms with Gasteiger partial charge < -0.3 is 0 Å². The lowest BCUT2D eigenvalue weighted by molar-refractivity contribution is 0.151. The summed E-state index contributed by atoms with van der Waals surface area (Å²) in [4.78, 5) is 0.716. The zero-order valence-electron chi connectivity index (χ0n) is 9.44. The predicted octanol–water partition coefficient (Wildman–Crippen LogP) is 4.62. The van der Waals surface area contributed by atoms with Gasteiger partial charge in [0.05, 0.1) is 0 Å². The molecule has 1 aliphatic rings. The summed E-state index contributed by atoms with van der Waals surface area (Å²) in [5, 5.41) is 0. The first-order chi connectivity index (χ1) is 5.91. The van der Waals surface area contributed by atoms with Gasteiger partial charge >= 0.3 is 0 Å². The molecule has 1 heteroatoms. The zero-order valence-corrected chi connectivity index (χ0v) is 11.0. The van der Waals surface area contributed by atoms with E-state index in [2.05, 4.69) is 43.6 Å². The molecule has 1 unspecified atom stereocenters. The van der Waals surface area contributed by atoms with E-state index in [0.29, 0.717) is 10.2 Å². The Morgan fingerprint density at radius 1 is 1.08 bits per heavy atom. The van der Waals surface area contributed by atoms with Gasteiger partial charge in [0.15, 0.2) is 0 Å². The molecule has 1 rings (SSSR count). The molecule has 0 saturated heterocycles. The van der Waals surface area contributed by atoms with Gasteiger partial charge in [0.2, 0.25) is 0 Å². The average molecular weight is 247 g/mol. The summed E-state index contributed by atoms with van der Waals surface area (Å²) < 4.78 is 0. The third kappa shape index (κ3) is 3.27. The zero-order chi connectivity index (χ0) is 10.1. The van der Waals surface area contributed by atoms with Crippen molar-refractivity contribution in [3.05, 3.63) is 0 Å². The van der Waals surface area contributed by atoms with Gasteiger partial charge in [-0.2, -0.15) is 0 Å². The van der Waals surface area contributed by atoms with Crippen LogP contribution >= 0.6 is 15.9 Å². The summed E-state index contributed by atoms with van der Waals surface area (Å²) in [6.45, 7) is 9.45. The van der Waals surface area contributed by atoms with Crippen molar-refractivity contribution in [3.8, 4) is 0 Å². The molecular formula is C12H23Br. The lowest BCUT2D eigenvalue weighted by atomic mass is 9.69. The minimum atomic E-state index is 0.528. The van der Waals surface area contributed by atoms with E-state index in [0.717, 1.165) is 11.8 Å². The third-order valence-electron chi connectivity index (χ3n) is 3.65. The molecule has 1 saturated carbocycles. The van der Waals surface area contributed by atoms with Crippen molar-refractivity contribution in [2.45, 2.75) is 58.2 Å². The molecule has 0 aromatic rings. The molecule has 13 heavy (non-hydrogen) atoms. The number of hydrogen-bond acceptors (Lipinski definition) is 0. The maximum atomic E-state index is 3.71. The highest BCUT2D eigenvalue weighted by atomic mass is 79.9. The molecule has 1 aliphatic carbocycles. The molecule has 0 heterocycles. The molecule has 0 spiro atoms. The van der Waals surface area contributed by atoms with E-state index in [1.807, 2.05) is 0 Å². The van der Waals surface area contributed by atoms with Crippen LogP contribution in [0.3, 0.4) is 0 Å². The predicted molar refractivity (Wildman–Crippen MR) is 63.3 cm³/mol. The Morgan fingerprint density at radius 3 is 1.85 bits per heavy atom. The molecular weight excluding hydrogens is 224 g/mol. The number of hydrogen-bond donors (Lipinski definition) is 0. The molecule has 0 aromatic carbocycles. The van der Waals surface area contributed by atoms with Crippen LogP contribution in [0.5, 0.6) is 0 Å². The van der Waals surface area contributed by atoms with Crippen LogP contribution in [-0.4, -0.2) is 4.83 Å². The van der Waals surface area contributed by atoms with Crippen molar-refractivity contribution in [1.29, 1.82) is 0 Å². The standard InChI is InChI=1S/C12H23Br/c1-9(13)10-5-7-11(8-6-10)12(2,3)4/h9-11H,5-8H2,1-4H3. The van der Waals surface area contributed by atoms with Gasteiger partial charge in [-0.25, -0.2) is 0 Å². The number of alkyl halides is 1. The van der Waals surface area contributed by atoms with Gasteiger partial charge in [0.1, 0.15) is 0 Å². The van der Waals surface area contributed by atoms with Gasteiger partial charge in [-0.1, -0.05) is 43.6 Å². The summed E-state index contributed by atoms with van der Waals surface area (Å²) in [7, 11) is 0. The van der Waals surface area contributed by atoms with Crippen molar-refractivity contribution >= 4 is 15.9 Å². The van der Waals surface area contributed by atoms with E-state index in [-0.39, 0.29) is 0 Å². The molecule has 0 bridgehead atoms. The minimum Gasteiger partial charge on any atom is -0.0891 e. The van der Waals surface area contributed by atoms with Crippen molar-refractivity contribution in [2.24, 2.45) is 17.3 Å². The minimum absolute atomic E-state index is 0.528. The Labute approximate surface area is 91.6 Å². The van der Waals surface area contributed by atoms with Gasteiger partial charge in [-0.3, -0.25) is 0 Å². The molecule has 78 valence electrons.